The summed E-state index contributed by atoms with van der Waals surface area (Å²) >= 11 is 0. The molecular weight excluding hydrogens is 583 g/mol. The third-order valence-electron chi connectivity index (χ3n) is 9.28. The van der Waals surface area contributed by atoms with Gasteiger partial charge >= 0.3 is 24.4 Å². The first kappa shape index (κ1) is 31.1. The van der Waals surface area contributed by atoms with Crippen LogP contribution in [0.3, 0.4) is 0 Å². The van der Waals surface area contributed by atoms with Crippen LogP contribution in [0.1, 0.15) is 66.0 Å². The summed E-state index contributed by atoms with van der Waals surface area (Å²) in [6, 6.07) is 4.56. The van der Waals surface area contributed by atoms with Crippen molar-refractivity contribution < 1.29 is 45.4 Å². The Kier molecular flexibility index (Phi) is 7.94. The third kappa shape index (κ3) is 6.18. The van der Waals surface area contributed by atoms with Crippen LogP contribution in [0.25, 0.3) is 0 Å². The molecule has 43 heavy (non-hydrogen) atoms. The number of hydrogen-bond acceptors (Lipinski definition) is 3. The maximum atomic E-state index is 13.9. The Balaban J connectivity index is 1.33. The lowest BCUT2D eigenvalue weighted by atomic mass is 9.88. The van der Waals surface area contributed by atoms with Crippen molar-refractivity contribution in [2.24, 2.45) is 11.3 Å². The van der Waals surface area contributed by atoms with Gasteiger partial charge in [-0.15, -0.1) is 0 Å². The molecule has 3 fully saturated rings. The molecule has 2 N–H and O–H groups in total. The molecule has 2 heterocycles. The number of benzene rings is 2. The minimum absolute atomic E-state index is 0.0210. The highest BCUT2D eigenvalue weighted by Gasteiger charge is 2.66. The first-order chi connectivity index (χ1) is 20.0. The molecule has 5 atom stereocenters. The lowest BCUT2D eigenvalue weighted by molar-refractivity contribution is -0.144. The molecule has 0 radical (unpaired) electrons. The molecule has 6 nitrogen and oxygen atoms in total. The van der Waals surface area contributed by atoms with E-state index in [4.69, 9.17) is 0 Å². The molecule has 3 aliphatic rings. The van der Waals surface area contributed by atoms with Crippen molar-refractivity contribution in [2.75, 3.05) is 26.2 Å². The van der Waals surface area contributed by atoms with E-state index < -0.39 is 58.7 Å². The van der Waals surface area contributed by atoms with E-state index in [-0.39, 0.29) is 36.7 Å². The maximum Gasteiger partial charge on any atom is 0.416 e. The number of halogens is 7. The highest BCUT2D eigenvalue weighted by atomic mass is 19.4. The SMILES string of the molecule is Cc1cc(F)ccc1[C@H]1C[C@@H](N2C[C@@H]3C[C@]3(C(=O)O)C2)CCN1C(=O)NC[C@H](C)c1cc(C(F)(F)F)cc(C(F)(F)F)c1. The summed E-state index contributed by atoms with van der Waals surface area (Å²) in [6.07, 6.45) is -8.31. The van der Waals surface area contributed by atoms with E-state index in [1.54, 1.807) is 17.9 Å². The summed E-state index contributed by atoms with van der Waals surface area (Å²) in [5, 5.41) is 12.4. The van der Waals surface area contributed by atoms with Crippen LogP contribution in [0.5, 0.6) is 0 Å². The Morgan fingerprint density at radius 1 is 1.07 bits per heavy atom. The van der Waals surface area contributed by atoms with Crippen LogP contribution in [-0.2, 0) is 17.1 Å². The summed E-state index contributed by atoms with van der Waals surface area (Å²) in [5.41, 5.74) is -2.46. The van der Waals surface area contributed by atoms with E-state index in [1.807, 2.05) is 0 Å². The van der Waals surface area contributed by atoms with E-state index in [0.717, 1.165) is 0 Å². The van der Waals surface area contributed by atoms with E-state index in [9.17, 15) is 45.4 Å². The average Bonchev–Trinajstić information content (AvgIpc) is 3.50. The lowest BCUT2D eigenvalue weighted by Gasteiger charge is -2.43. The molecule has 0 unspecified atom stereocenters. The van der Waals surface area contributed by atoms with Gasteiger partial charge in [-0.1, -0.05) is 13.0 Å². The number of amides is 2. The molecule has 0 bridgehead atoms. The number of carboxylic acids is 1. The fourth-order valence-electron chi connectivity index (χ4n) is 6.68. The number of carboxylic acid groups (broad SMARTS) is 1. The van der Waals surface area contributed by atoms with Gasteiger partial charge in [-0.2, -0.15) is 26.3 Å². The van der Waals surface area contributed by atoms with Gasteiger partial charge in [0.15, 0.2) is 0 Å². The van der Waals surface area contributed by atoms with Crippen LogP contribution < -0.4 is 5.32 Å². The van der Waals surface area contributed by atoms with Gasteiger partial charge in [0.05, 0.1) is 22.6 Å². The van der Waals surface area contributed by atoms with Gasteiger partial charge in [-0.05, 0) is 85.0 Å². The molecule has 2 amide bonds. The summed E-state index contributed by atoms with van der Waals surface area (Å²) in [4.78, 5) is 29.0. The zero-order chi connectivity index (χ0) is 31.5. The number of nitrogens with one attached hydrogen (secondary N) is 1. The molecule has 0 aromatic heterocycles. The summed E-state index contributed by atoms with van der Waals surface area (Å²) in [5.74, 6) is -2.03. The van der Waals surface area contributed by atoms with Crippen molar-refractivity contribution in [1.82, 2.24) is 15.1 Å². The zero-order valence-corrected chi connectivity index (χ0v) is 23.5. The smallest absolute Gasteiger partial charge is 0.416 e. The largest absolute Gasteiger partial charge is 0.481 e. The number of rotatable bonds is 6. The van der Waals surface area contributed by atoms with E-state index in [0.29, 0.717) is 55.6 Å². The van der Waals surface area contributed by atoms with Gasteiger partial charge in [0, 0.05) is 32.2 Å². The van der Waals surface area contributed by atoms with Crippen molar-refractivity contribution in [3.63, 3.8) is 0 Å². The Bertz CT molecular complexity index is 1380. The molecule has 234 valence electrons. The molecule has 1 aliphatic carbocycles. The number of likely N-dealkylation sites (tertiary alicyclic amines) is 2. The van der Waals surface area contributed by atoms with Gasteiger partial charge in [-0.3, -0.25) is 9.69 Å². The minimum Gasteiger partial charge on any atom is -0.481 e. The Labute approximate surface area is 243 Å². The number of carbonyl (C=O) groups is 2. The predicted molar refractivity (Wildman–Crippen MR) is 142 cm³/mol. The fourth-order valence-corrected chi connectivity index (χ4v) is 6.68. The number of hydrogen-bond donors (Lipinski definition) is 2. The average molecular weight is 616 g/mol. The van der Waals surface area contributed by atoms with Crippen LogP contribution in [0.15, 0.2) is 36.4 Å². The molecule has 5 rings (SSSR count). The molecule has 0 spiro atoms. The lowest BCUT2D eigenvalue weighted by Crippen LogP contribution is -2.51. The second-order valence-corrected chi connectivity index (χ2v) is 12.1. The first-order valence-electron chi connectivity index (χ1n) is 14.1. The van der Waals surface area contributed by atoms with Crippen LogP contribution in [0, 0.1) is 24.1 Å². The molecular formula is C30H32F7N3O3. The Morgan fingerprint density at radius 2 is 1.72 bits per heavy atom. The van der Waals surface area contributed by atoms with Crippen molar-refractivity contribution in [2.45, 2.75) is 63.5 Å². The van der Waals surface area contributed by atoms with Crippen LogP contribution >= 0.6 is 0 Å². The van der Waals surface area contributed by atoms with Crippen molar-refractivity contribution in [3.05, 3.63) is 70.0 Å². The quantitative estimate of drug-likeness (QED) is 0.360. The van der Waals surface area contributed by atoms with Gasteiger partial charge < -0.3 is 15.3 Å². The van der Waals surface area contributed by atoms with E-state index >= 15 is 0 Å². The monoisotopic (exact) mass is 615 g/mol. The number of piperidine rings is 2. The predicted octanol–water partition coefficient (Wildman–Crippen LogP) is 6.60. The van der Waals surface area contributed by atoms with Crippen molar-refractivity contribution in [1.29, 1.82) is 0 Å². The summed E-state index contributed by atoms with van der Waals surface area (Å²) in [6.45, 7) is 4.27. The van der Waals surface area contributed by atoms with Gasteiger partial charge in [-0.25, -0.2) is 9.18 Å². The number of urea groups is 1. The minimum atomic E-state index is -4.98. The molecule has 2 saturated heterocycles. The van der Waals surface area contributed by atoms with Gasteiger partial charge in [0.2, 0.25) is 0 Å². The van der Waals surface area contributed by atoms with E-state index in [2.05, 4.69) is 10.2 Å². The van der Waals surface area contributed by atoms with Gasteiger partial charge in [0.25, 0.3) is 0 Å². The second kappa shape index (κ2) is 11.0. The van der Waals surface area contributed by atoms with Gasteiger partial charge in [0.1, 0.15) is 5.82 Å². The number of carbonyl (C=O) groups excluding carboxylic acids is 1. The molecule has 13 heteroatoms. The Hall–Kier alpha value is -3.35. The number of fused-ring (bicyclic) bond motifs is 1. The number of nitrogens with zero attached hydrogens (tertiary/aromatic N) is 2. The topological polar surface area (TPSA) is 72.9 Å². The maximum absolute atomic E-state index is 13.9. The Morgan fingerprint density at radius 3 is 2.28 bits per heavy atom. The van der Waals surface area contributed by atoms with Crippen LogP contribution in [-0.4, -0.2) is 59.1 Å². The third-order valence-corrected chi connectivity index (χ3v) is 9.28. The molecule has 2 aromatic rings. The standard InChI is InChI=1S/C30H32F7N3O3/c1-16-7-22(31)3-4-24(16)25-11-23(39-14-21-12-28(21,15-39)26(41)42)5-6-40(25)27(43)38-13-17(2)18-8-19(29(32,33)34)10-20(9-18)30(35,36)37/h3-4,7-10,17,21,23,25H,5-6,11-15H2,1-2H3,(H,38,43)(H,41,42)/t17-,21-,23-,25+,28-/m0/s1. The van der Waals surface area contributed by atoms with Crippen molar-refractivity contribution in [3.8, 4) is 0 Å². The highest BCUT2D eigenvalue weighted by molar-refractivity contribution is 5.79. The summed E-state index contributed by atoms with van der Waals surface area (Å²) in [7, 11) is 0. The molecule has 2 aliphatic heterocycles. The number of aryl methyl sites for hydroxylation is 1. The summed E-state index contributed by atoms with van der Waals surface area (Å²) < 4.78 is 94.0. The first-order valence-corrected chi connectivity index (χ1v) is 14.1. The zero-order valence-electron chi connectivity index (χ0n) is 23.5. The highest BCUT2D eigenvalue weighted by Crippen LogP contribution is 2.59. The number of aliphatic carboxylic acids is 1. The fraction of sp³-hybridized carbons (Fsp3) is 0.533. The second-order valence-electron chi connectivity index (χ2n) is 12.1. The van der Waals surface area contributed by atoms with Crippen molar-refractivity contribution >= 4 is 12.0 Å². The van der Waals surface area contributed by atoms with Crippen LogP contribution in [0.2, 0.25) is 0 Å². The van der Waals surface area contributed by atoms with Crippen LogP contribution in [0.4, 0.5) is 35.5 Å². The molecule has 1 saturated carbocycles. The number of alkyl halides is 6. The molecule has 2 aromatic carbocycles. The van der Waals surface area contributed by atoms with E-state index in [1.165, 1.54) is 19.1 Å². The normalized spacial score (nSPS) is 26.6.